The number of carbonyl (C=O) groups is 1. The molecule has 3 aromatic rings. The summed E-state index contributed by atoms with van der Waals surface area (Å²) in [7, 11) is 0. The molecule has 0 radical (unpaired) electrons. The lowest BCUT2D eigenvalue weighted by Crippen LogP contribution is -2.40. The first-order valence-electron chi connectivity index (χ1n) is 10.4. The number of aryl methyl sites for hydroxylation is 2. The van der Waals surface area contributed by atoms with Crippen LogP contribution in [0.5, 0.6) is 0 Å². The van der Waals surface area contributed by atoms with Gasteiger partial charge >= 0.3 is 0 Å². The van der Waals surface area contributed by atoms with E-state index in [1.807, 2.05) is 21.6 Å². The van der Waals surface area contributed by atoms with E-state index < -0.39 is 0 Å². The number of hydrogen-bond acceptors (Lipinski definition) is 5. The predicted octanol–water partition coefficient (Wildman–Crippen LogP) is 4.30. The second-order valence-electron chi connectivity index (χ2n) is 8.02. The number of likely N-dealkylation sites (tertiary alicyclic amines) is 1. The second-order valence-corrected chi connectivity index (χ2v) is 8.96. The molecule has 30 heavy (non-hydrogen) atoms. The van der Waals surface area contributed by atoms with Gasteiger partial charge in [-0.25, -0.2) is 0 Å². The maximum atomic E-state index is 12.8. The third-order valence-electron chi connectivity index (χ3n) is 5.66. The van der Waals surface area contributed by atoms with Crippen molar-refractivity contribution in [1.29, 1.82) is 0 Å². The van der Waals surface area contributed by atoms with Gasteiger partial charge in [-0.15, -0.1) is 10.2 Å². The topological polar surface area (TPSA) is 63.9 Å². The zero-order valence-electron chi connectivity index (χ0n) is 17.7. The number of carbonyl (C=O) groups excluding carboxylic acids is 1. The van der Waals surface area contributed by atoms with Gasteiger partial charge in [0.2, 0.25) is 5.91 Å². The molecule has 1 amide bonds. The highest BCUT2D eigenvalue weighted by Crippen LogP contribution is 2.29. The normalized spacial score (nSPS) is 16.6. The first-order chi connectivity index (χ1) is 14.5. The number of nitrogens with zero attached hydrogens (tertiary/aromatic N) is 5. The van der Waals surface area contributed by atoms with E-state index in [0.717, 1.165) is 41.7 Å². The Labute approximate surface area is 181 Å². The molecule has 0 N–H and O–H groups in total. The molecule has 3 heterocycles. The van der Waals surface area contributed by atoms with Crippen LogP contribution in [0.25, 0.3) is 17.1 Å². The molecule has 0 spiro atoms. The summed E-state index contributed by atoms with van der Waals surface area (Å²) in [5.41, 5.74) is 4.38. The van der Waals surface area contributed by atoms with Crippen LogP contribution in [-0.2, 0) is 4.79 Å². The number of pyridine rings is 1. The molecule has 7 heteroatoms. The van der Waals surface area contributed by atoms with Crippen LogP contribution in [0.1, 0.15) is 30.9 Å². The van der Waals surface area contributed by atoms with Crippen LogP contribution < -0.4 is 0 Å². The molecule has 1 aromatic carbocycles. The fourth-order valence-electron chi connectivity index (χ4n) is 3.78. The van der Waals surface area contributed by atoms with Crippen LogP contribution >= 0.6 is 11.8 Å². The highest BCUT2D eigenvalue weighted by molar-refractivity contribution is 7.99. The molecule has 1 aliphatic rings. The van der Waals surface area contributed by atoms with E-state index in [-0.39, 0.29) is 5.91 Å². The molecule has 1 saturated heterocycles. The molecular weight excluding hydrogens is 394 g/mol. The summed E-state index contributed by atoms with van der Waals surface area (Å²) in [6.45, 7) is 8.12. The standard InChI is InChI=1S/C23H27N5OS/c1-16-5-4-12-27(14-16)21(29)15-30-23-26-25-22(19-8-10-24-11-9-19)28(23)20-7-6-17(2)18(3)13-20/h6-11,13,16H,4-5,12,14-15H2,1-3H3. The van der Waals surface area contributed by atoms with Crippen molar-refractivity contribution >= 4 is 17.7 Å². The molecule has 156 valence electrons. The number of rotatable bonds is 5. The van der Waals surface area contributed by atoms with Crippen LogP contribution in [0.3, 0.4) is 0 Å². The smallest absolute Gasteiger partial charge is 0.233 e. The van der Waals surface area contributed by atoms with Crippen molar-refractivity contribution in [2.24, 2.45) is 5.92 Å². The van der Waals surface area contributed by atoms with Crippen LogP contribution in [0.4, 0.5) is 0 Å². The lowest BCUT2D eigenvalue weighted by atomic mass is 10.0. The Hall–Kier alpha value is -2.67. The van der Waals surface area contributed by atoms with Crippen LogP contribution in [0.2, 0.25) is 0 Å². The van der Waals surface area contributed by atoms with Gasteiger partial charge in [-0.05, 0) is 68.0 Å². The maximum Gasteiger partial charge on any atom is 0.233 e. The summed E-state index contributed by atoms with van der Waals surface area (Å²) in [4.78, 5) is 18.9. The van der Waals surface area contributed by atoms with Crippen LogP contribution in [0, 0.1) is 19.8 Å². The van der Waals surface area contributed by atoms with Crippen molar-refractivity contribution < 1.29 is 4.79 Å². The Morgan fingerprint density at radius 2 is 1.93 bits per heavy atom. The van der Waals surface area contributed by atoms with Gasteiger partial charge in [-0.1, -0.05) is 24.8 Å². The summed E-state index contributed by atoms with van der Waals surface area (Å²) in [6, 6.07) is 10.2. The van der Waals surface area contributed by atoms with Crippen molar-refractivity contribution in [3.63, 3.8) is 0 Å². The molecule has 2 aromatic heterocycles. The molecule has 0 saturated carbocycles. The van der Waals surface area contributed by atoms with Gasteiger partial charge in [-0.3, -0.25) is 14.3 Å². The number of amides is 1. The highest BCUT2D eigenvalue weighted by Gasteiger charge is 2.23. The molecule has 0 aliphatic carbocycles. The van der Waals surface area contributed by atoms with Gasteiger partial charge < -0.3 is 4.90 Å². The van der Waals surface area contributed by atoms with Crippen molar-refractivity contribution in [3.05, 3.63) is 53.9 Å². The molecule has 0 bridgehead atoms. The van der Waals surface area contributed by atoms with E-state index in [4.69, 9.17) is 0 Å². The number of piperidine rings is 1. The predicted molar refractivity (Wildman–Crippen MR) is 120 cm³/mol. The van der Waals surface area contributed by atoms with E-state index in [9.17, 15) is 4.79 Å². The minimum Gasteiger partial charge on any atom is -0.342 e. The maximum absolute atomic E-state index is 12.8. The first kappa shape index (κ1) is 20.6. The molecule has 6 nitrogen and oxygen atoms in total. The number of thioether (sulfide) groups is 1. The molecule has 1 fully saturated rings. The van der Waals surface area contributed by atoms with E-state index in [1.54, 1.807) is 12.4 Å². The van der Waals surface area contributed by atoms with Crippen LogP contribution in [0.15, 0.2) is 47.9 Å². The van der Waals surface area contributed by atoms with E-state index >= 15 is 0 Å². The highest BCUT2D eigenvalue weighted by atomic mass is 32.2. The van der Waals surface area contributed by atoms with Crippen molar-refractivity contribution in [3.8, 4) is 17.1 Å². The first-order valence-corrected chi connectivity index (χ1v) is 11.4. The second kappa shape index (κ2) is 9.00. The quantitative estimate of drug-likeness (QED) is 0.575. The minimum absolute atomic E-state index is 0.173. The summed E-state index contributed by atoms with van der Waals surface area (Å²) in [5, 5.41) is 9.62. The molecule has 4 rings (SSSR count). The Balaban J connectivity index is 1.63. The van der Waals surface area contributed by atoms with Crippen molar-refractivity contribution in [2.45, 2.75) is 38.8 Å². The largest absolute Gasteiger partial charge is 0.342 e. The Morgan fingerprint density at radius 1 is 1.13 bits per heavy atom. The minimum atomic E-state index is 0.173. The molecule has 1 atom stereocenters. The zero-order valence-corrected chi connectivity index (χ0v) is 18.5. The Morgan fingerprint density at radius 3 is 2.67 bits per heavy atom. The van der Waals surface area contributed by atoms with Gasteiger partial charge in [0.05, 0.1) is 11.4 Å². The SMILES string of the molecule is Cc1ccc(-n2c(SCC(=O)N3CCCC(C)C3)nnc2-c2ccncc2)cc1C. The number of hydrogen-bond donors (Lipinski definition) is 0. The monoisotopic (exact) mass is 421 g/mol. The average Bonchev–Trinajstić information content (AvgIpc) is 3.18. The summed E-state index contributed by atoms with van der Waals surface area (Å²) in [5.74, 6) is 1.87. The van der Waals surface area contributed by atoms with Gasteiger partial charge in [0, 0.05) is 31.0 Å². The third-order valence-corrected chi connectivity index (χ3v) is 6.57. The lowest BCUT2D eigenvalue weighted by molar-refractivity contribution is -0.130. The van der Waals surface area contributed by atoms with E-state index in [1.165, 1.54) is 29.3 Å². The van der Waals surface area contributed by atoms with Crippen molar-refractivity contribution in [2.75, 3.05) is 18.8 Å². The fourth-order valence-corrected chi connectivity index (χ4v) is 4.64. The summed E-state index contributed by atoms with van der Waals surface area (Å²) in [6.07, 6.45) is 5.79. The van der Waals surface area contributed by atoms with Gasteiger partial charge in [0.1, 0.15) is 0 Å². The third kappa shape index (κ3) is 4.41. The Kier molecular flexibility index (Phi) is 6.18. The van der Waals surface area contributed by atoms with E-state index in [2.05, 4.69) is 54.2 Å². The number of benzene rings is 1. The van der Waals surface area contributed by atoms with Crippen LogP contribution in [-0.4, -0.2) is 49.4 Å². The summed E-state index contributed by atoms with van der Waals surface area (Å²) < 4.78 is 2.04. The summed E-state index contributed by atoms with van der Waals surface area (Å²) >= 11 is 1.45. The lowest BCUT2D eigenvalue weighted by Gasteiger charge is -2.30. The molecular formula is C23H27N5OS. The van der Waals surface area contributed by atoms with Crippen molar-refractivity contribution in [1.82, 2.24) is 24.6 Å². The van der Waals surface area contributed by atoms with Gasteiger partial charge in [-0.2, -0.15) is 0 Å². The van der Waals surface area contributed by atoms with Gasteiger partial charge in [0.25, 0.3) is 0 Å². The van der Waals surface area contributed by atoms with Gasteiger partial charge in [0.15, 0.2) is 11.0 Å². The fraction of sp³-hybridized carbons (Fsp3) is 0.391. The zero-order chi connectivity index (χ0) is 21.1. The molecule has 1 aliphatic heterocycles. The Bertz CT molecular complexity index is 1030. The number of aromatic nitrogens is 4. The molecule has 1 unspecified atom stereocenters. The van der Waals surface area contributed by atoms with E-state index in [0.29, 0.717) is 11.7 Å². The average molecular weight is 422 g/mol.